The number of rotatable bonds is 4. The van der Waals surface area contributed by atoms with Crippen LogP contribution in [0.15, 0.2) is 117 Å². The van der Waals surface area contributed by atoms with Crippen LogP contribution in [0.5, 0.6) is 0 Å². The number of benzene rings is 4. The van der Waals surface area contributed by atoms with Crippen LogP contribution in [0, 0.1) is 0 Å². The molecule has 0 spiro atoms. The fourth-order valence-electron chi connectivity index (χ4n) is 3.38. The Bertz CT molecular complexity index is 1160. The van der Waals surface area contributed by atoms with Crippen LogP contribution in [-0.2, 0) is 0 Å². The van der Waals surface area contributed by atoms with Crippen molar-refractivity contribution in [1.29, 1.82) is 0 Å². The van der Waals surface area contributed by atoms with E-state index < -0.39 is 0 Å². The highest BCUT2D eigenvalue weighted by atomic mass is 32.2. The van der Waals surface area contributed by atoms with Crippen LogP contribution < -0.4 is 0 Å². The van der Waals surface area contributed by atoms with Gasteiger partial charge in [0, 0.05) is 41.8 Å². The molecule has 0 aliphatic carbocycles. The first-order chi connectivity index (χ1) is 14.7. The third kappa shape index (κ3) is 3.60. The van der Waals surface area contributed by atoms with Crippen LogP contribution in [0.4, 0.5) is 0 Å². The topological polar surface area (TPSA) is 34.1 Å². The second-order valence-corrected chi connectivity index (χ2v) is 9.09. The third-order valence-corrected chi connectivity index (χ3v) is 7.45. The van der Waals surface area contributed by atoms with E-state index in [-0.39, 0.29) is 11.6 Å². The van der Waals surface area contributed by atoms with Crippen LogP contribution in [0.25, 0.3) is 0 Å². The first-order valence-electron chi connectivity index (χ1n) is 9.52. The maximum Gasteiger partial charge on any atom is 0.193 e. The third-order valence-electron chi connectivity index (χ3n) is 4.92. The number of ketones is 2. The molecule has 30 heavy (non-hydrogen) atoms. The van der Waals surface area contributed by atoms with Crippen LogP contribution in [-0.4, -0.2) is 11.6 Å². The SMILES string of the molecule is O=C(c1ccccc1)c1ccc2c(c1)Sc1ccc(C(=O)c3ccccc3)cc1S2. The van der Waals surface area contributed by atoms with Gasteiger partial charge in [-0.1, -0.05) is 84.2 Å². The lowest BCUT2D eigenvalue weighted by atomic mass is 10.0. The van der Waals surface area contributed by atoms with E-state index in [1.165, 1.54) is 0 Å². The maximum absolute atomic E-state index is 12.8. The largest absolute Gasteiger partial charge is 0.289 e. The van der Waals surface area contributed by atoms with Crippen molar-refractivity contribution in [1.82, 2.24) is 0 Å². The van der Waals surface area contributed by atoms with Gasteiger partial charge in [-0.15, -0.1) is 0 Å². The smallest absolute Gasteiger partial charge is 0.193 e. The highest BCUT2D eigenvalue weighted by molar-refractivity contribution is 8.05. The van der Waals surface area contributed by atoms with Gasteiger partial charge in [-0.2, -0.15) is 0 Å². The highest BCUT2D eigenvalue weighted by Crippen LogP contribution is 2.49. The summed E-state index contributed by atoms with van der Waals surface area (Å²) in [6.45, 7) is 0. The first kappa shape index (κ1) is 18.9. The number of carbonyl (C=O) groups is 2. The molecule has 4 aromatic rings. The van der Waals surface area contributed by atoms with Crippen molar-refractivity contribution < 1.29 is 9.59 Å². The number of carbonyl (C=O) groups excluding carboxylic acids is 2. The Morgan fingerprint density at radius 3 is 1.23 bits per heavy atom. The van der Waals surface area contributed by atoms with Crippen molar-refractivity contribution >= 4 is 35.1 Å². The van der Waals surface area contributed by atoms with Gasteiger partial charge in [-0.3, -0.25) is 9.59 Å². The normalized spacial score (nSPS) is 12.0. The molecule has 1 aliphatic rings. The molecule has 0 fully saturated rings. The zero-order valence-corrected chi connectivity index (χ0v) is 17.5. The van der Waals surface area contributed by atoms with E-state index in [0.29, 0.717) is 22.3 Å². The molecule has 1 aliphatic heterocycles. The molecule has 0 unspecified atom stereocenters. The minimum absolute atomic E-state index is 0.0265. The summed E-state index contributed by atoms with van der Waals surface area (Å²) in [5, 5.41) is 0. The summed E-state index contributed by atoms with van der Waals surface area (Å²) < 4.78 is 0. The van der Waals surface area contributed by atoms with Crippen molar-refractivity contribution in [2.45, 2.75) is 19.6 Å². The first-order valence-corrected chi connectivity index (χ1v) is 11.2. The summed E-state index contributed by atoms with van der Waals surface area (Å²) in [5.74, 6) is 0.0530. The minimum Gasteiger partial charge on any atom is -0.289 e. The van der Waals surface area contributed by atoms with E-state index in [9.17, 15) is 9.59 Å². The molecule has 144 valence electrons. The van der Waals surface area contributed by atoms with Crippen LogP contribution in [0.1, 0.15) is 31.8 Å². The van der Waals surface area contributed by atoms with Crippen molar-refractivity contribution in [2.75, 3.05) is 0 Å². The lowest BCUT2D eigenvalue weighted by Crippen LogP contribution is -2.03. The standard InChI is InChI=1S/C26H16O2S2/c27-25(17-7-3-1-4-8-17)19-11-13-21-23(15-19)29-22-14-12-20(16-24(22)30-21)26(28)18-9-5-2-6-10-18/h1-16H. The predicted octanol–water partition coefficient (Wildman–Crippen LogP) is 6.76. The maximum atomic E-state index is 12.8. The predicted molar refractivity (Wildman–Crippen MR) is 121 cm³/mol. The Balaban J connectivity index is 1.43. The second-order valence-electron chi connectivity index (χ2n) is 6.92. The summed E-state index contributed by atoms with van der Waals surface area (Å²) in [6.07, 6.45) is 0. The van der Waals surface area contributed by atoms with Crippen molar-refractivity contribution in [2.24, 2.45) is 0 Å². The second kappa shape index (κ2) is 7.98. The zero-order valence-electron chi connectivity index (χ0n) is 15.9. The van der Waals surface area contributed by atoms with Gasteiger partial charge in [0.15, 0.2) is 11.6 Å². The molecule has 0 saturated carbocycles. The van der Waals surface area contributed by atoms with Gasteiger partial charge in [0.1, 0.15) is 0 Å². The highest BCUT2D eigenvalue weighted by Gasteiger charge is 2.21. The summed E-state index contributed by atoms with van der Waals surface area (Å²) in [5.41, 5.74) is 2.76. The Morgan fingerprint density at radius 2 is 0.833 bits per heavy atom. The molecule has 0 bridgehead atoms. The quantitative estimate of drug-likeness (QED) is 0.298. The summed E-state index contributed by atoms with van der Waals surface area (Å²) in [6, 6.07) is 30.4. The van der Waals surface area contributed by atoms with Crippen molar-refractivity contribution in [3.8, 4) is 0 Å². The Hall–Kier alpha value is -3.08. The van der Waals surface area contributed by atoms with Gasteiger partial charge in [0.2, 0.25) is 0 Å². The summed E-state index contributed by atoms with van der Waals surface area (Å²) in [7, 11) is 0. The molecule has 4 aromatic carbocycles. The molecule has 0 atom stereocenters. The van der Waals surface area contributed by atoms with Gasteiger partial charge in [-0.05, 0) is 36.4 Å². The van der Waals surface area contributed by atoms with E-state index in [0.717, 1.165) is 19.6 Å². The van der Waals surface area contributed by atoms with Gasteiger partial charge in [-0.25, -0.2) is 0 Å². The van der Waals surface area contributed by atoms with Gasteiger partial charge in [0.05, 0.1) is 0 Å². The van der Waals surface area contributed by atoms with Crippen molar-refractivity contribution in [3.63, 3.8) is 0 Å². The molecule has 4 heteroatoms. The number of fused-ring (bicyclic) bond motifs is 2. The molecular formula is C26H16O2S2. The average molecular weight is 425 g/mol. The van der Waals surface area contributed by atoms with Gasteiger partial charge in [0.25, 0.3) is 0 Å². The Kier molecular flexibility index (Phi) is 5.03. The Labute approximate surface area is 183 Å². The van der Waals surface area contributed by atoms with E-state index >= 15 is 0 Å². The average Bonchev–Trinajstić information content (AvgIpc) is 2.82. The van der Waals surface area contributed by atoms with Gasteiger partial charge < -0.3 is 0 Å². The van der Waals surface area contributed by atoms with Crippen LogP contribution in [0.3, 0.4) is 0 Å². The molecule has 0 saturated heterocycles. The Morgan fingerprint density at radius 1 is 0.433 bits per heavy atom. The number of hydrogen-bond donors (Lipinski definition) is 0. The van der Waals surface area contributed by atoms with E-state index in [1.54, 1.807) is 23.5 Å². The lowest BCUT2D eigenvalue weighted by molar-refractivity contribution is 0.103. The zero-order chi connectivity index (χ0) is 20.5. The molecule has 0 amide bonds. The van der Waals surface area contributed by atoms with Gasteiger partial charge >= 0.3 is 0 Å². The summed E-state index contributed by atoms with van der Waals surface area (Å²) >= 11 is 3.28. The molecule has 2 nitrogen and oxygen atoms in total. The lowest BCUT2D eigenvalue weighted by Gasteiger charge is -2.19. The molecular weight excluding hydrogens is 408 g/mol. The van der Waals surface area contributed by atoms with E-state index in [2.05, 4.69) is 0 Å². The monoisotopic (exact) mass is 424 g/mol. The molecule has 0 aromatic heterocycles. The molecule has 0 N–H and O–H groups in total. The number of hydrogen-bond acceptors (Lipinski definition) is 4. The van der Waals surface area contributed by atoms with Crippen LogP contribution >= 0.6 is 23.5 Å². The van der Waals surface area contributed by atoms with E-state index in [4.69, 9.17) is 0 Å². The minimum atomic E-state index is 0.0265. The molecule has 1 heterocycles. The molecule has 5 rings (SSSR count). The fraction of sp³-hybridized carbons (Fsp3) is 0. The fourth-order valence-corrected chi connectivity index (χ4v) is 5.65. The van der Waals surface area contributed by atoms with E-state index in [1.807, 2.05) is 97.1 Å². The summed E-state index contributed by atoms with van der Waals surface area (Å²) in [4.78, 5) is 29.9. The van der Waals surface area contributed by atoms with Crippen molar-refractivity contribution in [3.05, 3.63) is 119 Å². The van der Waals surface area contributed by atoms with Crippen LogP contribution in [0.2, 0.25) is 0 Å². The molecule has 0 radical (unpaired) electrons.